The van der Waals surface area contributed by atoms with Crippen molar-refractivity contribution in [3.8, 4) is 0 Å². The zero-order valence-electron chi connectivity index (χ0n) is 13.9. The van der Waals surface area contributed by atoms with Crippen molar-refractivity contribution in [2.45, 2.75) is 30.1 Å². The number of Topliss-reactive ketones (excluding diaryl/α,β-unsaturated/α-hetero) is 1. The van der Waals surface area contributed by atoms with Crippen LogP contribution in [0.3, 0.4) is 0 Å². The van der Waals surface area contributed by atoms with Gasteiger partial charge in [0.15, 0.2) is 0 Å². The van der Waals surface area contributed by atoms with Gasteiger partial charge in [-0.3, -0.25) is 9.59 Å². The van der Waals surface area contributed by atoms with Gasteiger partial charge in [-0.15, -0.1) is 0 Å². The average Bonchev–Trinajstić information content (AvgIpc) is 2.87. The van der Waals surface area contributed by atoms with Crippen LogP contribution < -0.4 is 0 Å². The van der Waals surface area contributed by atoms with Crippen molar-refractivity contribution in [1.82, 2.24) is 0 Å². The summed E-state index contributed by atoms with van der Waals surface area (Å²) in [5.41, 5.74) is -0.890. The average molecular weight is 358 g/mol. The first-order valence-corrected chi connectivity index (χ1v) is 9.32. The Kier molecular flexibility index (Phi) is 4.03. The van der Waals surface area contributed by atoms with Crippen molar-refractivity contribution >= 4 is 21.6 Å². The number of ether oxygens (including phenoxy) is 1. The molecule has 2 aromatic rings. The number of carbonyl (C=O) groups excluding carboxylic acids is 2. The monoisotopic (exact) mass is 358 g/mol. The maximum Gasteiger partial charge on any atom is 0.313 e. The summed E-state index contributed by atoms with van der Waals surface area (Å²) in [6.45, 7) is 3.16. The Morgan fingerprint density at radius 1 is 0.960 bits per heavy atom. The van der Waals surface area contributed by atoms with E-state index in [-0.39, 0.29) is 16.9 Å². The van der Waals surface area contributed by atoms with E-state index in [1.807, 2.05) is 0 Å². The minimum Gasteiger partial charge on any atom is -0.433 e. The summed E-state index contributed by atoms with van der Waals surface area (Å²) in [4.78, 5) is 23.1. The number of ketones is 1. The van der Waals surface area contributed by atoms with E-state index in [0.717, 1.165) is 0 Å². The third kappa shape index (κ3) is 2.66. The zero-order valence-corrected chi connectivity index (χ0v) is 14.7. The molecule has 1 atom stereocenters. The van der Waals surface area contributed by atoms with E-state index >= 15 is 0 Å². The lowest BCUT2D eigenvalue weighted by molar-refractivity contribution is -0.147. The maximum absolute atomic E-state index is 13.3. The normalized spacial score (nSPS) is 22.4. The Hall–Kier alpha value is -2.47. The molecule has 2 aromatic carbocycles. The van der Waals surface area contributed by atoms with E-state index in [4.69, 9.17) is 4.74 Å². The first-order valence-electron chi connectivity index (χ1n) is 7.84. The first kappa shape index (κ1) is 17.4. The highest BCUT2D eigenvalue weighted by molar-refractivity contribution is 7.93. The third-order valence-electron chi connectivity index (χ3n) is 4.35. The summed E-state index contributed by atoms with van der Waals surface area (Å²) < 4.78 is 31.9. The second-order valence-corrected chi connectivity index (χ2v) is 8.85. The van der Waals surface area contributed by atoms with Gasteiger partial charge in [0.25, 0.3) is 4.93 Å². The molecule has 0 saturated carbocycles. The van der Waals surface area contributed by atoms with E-state index in [1.165, 1.54) is 24.3 Å². The molecule has 3 rings (SSSR count). The van der Waals surface area contributed by atoms with Gasteiger partial charge in [-0.1, -0.05) is 48.5 Å². The van der Waals surface area contributed by atoms with E-state index in [0.29, 0.717) is 0 Å². The van der Waals surface area contributed by atoms with E-state index in [9.17, 15) is 18.0 Å². The summed E-state index contributed by atoms with van der Waals surface area (Å²) in [5, 5.41) is 0. The molecule has 0 N–H and O–H groups in total. The van der Waals surface area contributed by atoms with Gasteiger partial charge in [-0.05, 0) is 26.0 Å². The van der Waals surface area contributed by atoms with E-state index < -0.39 is 31.9 Å². The predicted octanol–water partition coefficient (Wildman–Crippen LogP) is 3.01. The third-order valence-corrected chi connectivity index (χ3v) is 6.53. The van der Waals surface area contributed by atoms with Crippen molar-refractivity contribution < 1.29 is 22.7 Å². The van der Waals surface area contributed by atoms with Crippen molar-refractivity contribution in [3.63, 3.8) is 0 Å². The minimum atomic E-state index is -4.24. The summed E-state index contributed by atoms with van der Waals surface area (Å²) in [5.74, 6) is -1.42. The van der Waals surface area contributed by atoms with Crippen molar-refractivity contribution in [2.24, 2.45) is 5.41 Å². The lowest BCUT2D eigenvalue weighted by atomic mass is 9.87. The van der Waals surface area contributed by atoms with Crippen LogP contribution in [0.2, 0.25) is 0 Å². The van der Waals surface area contributed by atoms with Crippen molar-refractivity contribution in [1.29, 1.82) is 0 Å². The fourth-order valence-corrected chi connectivity index (χ4v) is 4.97. The van der Waals surface area contributed by atoms with Gasteiger partial charge in [0, 0.05) is 12.0 Å². The van der Waals surface area contributed by atoms with Crippen LogP contribution in [0.15, 0.2) is 65.6 Å². The van der Waals surface area contributed by atoms with E-state index in [2.05, 4.69) is 0 Å². The molecule has 130 valence electrons. The van der Waals surface area contributed by atoms with Crippen LogP contribution >= 0.6 is 0 Å². The Morgan fingerprint density at radius 2 is 1.48 bits per heavy atom. The van der Waals surface area contributed by atoms with Crippen LogP contribution in [0, 0.1) is 5.41 Å². The fourth-order valence-electron chi connectivity index (χ4n) is 2.98. The quantitative estimate of drug-likeness (QED) is 0.620. The number of cyclic esters (lactones) is 1. The number of rotatable bonds is 4. The molecule has 1 heterocycles. The predicted molar refractivity (Wildman–Crippen MR) is 91.6 cm³/mol. The molecule has 25 heavy (non-hydrogen) atoms. The van der Waals surface area contributed by atoms with Gasteiger partial charge in [0.2, 0.25) is 15.6 Å². The number of esters is 1. The maximum atomic E-state index is 13.3. The molecule has 1 saturated heterocycles. The standard InChI is InChI=1S/C19H18O5S/c1-18(2)13-19(24-17(18)21,16(20)14-9-5-3-6-10-14)25(22,23)15-11-7-4-8-12-15/h3-12H,13H2,1-2H3. The summed E-state index contributed by atoms with van der Waals surface area (Å²) in [6, 6.07) is 15.6. The van der Waals surface area contributed by atoms with E-state index in [1.54, 1.807) is 50.2 Å². The number of sulfone groups is 1. The molecule has 0 amide bonds. The molecule has 0 aromatic heterocycles. The number of hydrogen-bond donors (Lipinski definition) is 0. The number of hydrogen-bond acceptors (Lipinski definition) is 5. The lowest BCUT2D eigenvalue weighted by Gasteiger charge is -2.26. The van der Waals surface area contributed by atoms with Gasteiger partial charge in [-0.2, -0.15) is 0 Å². The second-order valence-electron chi connectivity index (χ2n) is 6.71. The second kappa shape index (κ2) is 5.81. The highest BCUT2D eigenvalue weighted by Crippen LogP contribution is 2.47. The van der Waals surface area contributed by atoms with Crippen LogP contribution in [0.1, 0.15) is 30.6 Å². The first-order chi connectivity index (χ1) is 11.7. The summed E-state index contributed by atoms with van der Waals surface area (Å²) in [6.07, 6.45) is -0.232. The zero-order chi connectivity index (χ0) is 18.3. The minimum absolute atomic E-state index is 0.0511. The van der Waals surface area contributed by atoms with Crippen molar-refractivity contribution in [2.75, 3.05) is 0 Å². The Morgan fingerprint density at radius 3 is 1.96 bits per heavy atom. The topological polar surface area (TPSA) is 77.5 Å². The number of carbonyl (C=O) groups is 2. The molecule has 1 aliphatic rings. The Balaban J connectivity index is 2.22. The van der Waals surface area contributed by atoms with Gasteiger partial charge < -0.3 is 4.74 Å². The Bertz CT molecular complexity index is 917. The SMILES string of the molecule is CC1(C)CC(C(=O)c2ccccc2)(S(=O)(=O)c2ccccc2)OC1=O. The molecule has 0 aliphatic carbocycles. The Labute approximate surface area is 146 Å². The molecule has 0 radical (unpaired) electrons. The lowest BCUT2D eigenvalue weighted by Crippen LogP contribution is -2.46. The van der Waals surface area contributed by atoms with Gasteiger partial charge >= 0.3 is 5.97 Å². The number of benzene rings is 2. The van der Waals surface area contributed by atoms with Crippen molar-refractivity contribution in [3.05, 3.63) is 66.2 Å². The molecular weight excluding hydrogens is 340 g/mol. The molecule has 6 heteroatoms. The summed E-state index contributed by atoms with van der Waals surface area (Å²) in [7, 11) is -4.24. The molecular formula is C19H18O5S. The van der Waals surface area contributed by atoms with Crippen LogP contribution in [-0.2, 0) is 19.4 Å². The molecule has 0 spiro atoms. The largest absolute Gasteiger partial charge is 0.433 e. The molecule has 1 unspecified atom stereocenters. The van der Waals surface area contributed by atoms with Gasteiger partial charge in [0.05, 0.1) is 10.3 Å². The highest BCUT2D eigenvalue weighted by Gasteiger charge is 2.64. The van der Waals surface area contributed by atoms with Crippen LogP contribution in [0.5, 0.6) is 0 Å². The van der Waals surface area contributed by atoms with Crippen LogP contribution in [-0.4, -0.2) is 25.1 Å². The molecule has 5 nitrogen and oxygen atoms in total. The smallest absolute Gasteiger partial charge is 0.313 e. The molecule has 0 bridgehead atoms. The van der Waals surface area contributed by atoms with Gasteiger partial charge in [0.1, 0.15) is 0 Å². The van der Waals surface area contributed by atoms with Crippen LogP contribution in [0.4, 0.5) is 0 Å². The summed E-state index contributed by atoms with van der Waals surface area (Å²) >= 11 is 0. The van der Waals surface area contributed by atoms with Gasteiger partial charge in [-0.25, -0.2) is 8.42 Å². The molecule has 1 fully saturated rings. The fraction of sp³-hybridized carbons (Fsp3) is 0.263. The van der Waals surface area contributed by atoms with Crippen LogP contribution in [0.25, 0.3) is 0 Å². The highest BCUT2D eigenvalue weighted by atomic mass is 32.2. The molecule has 1 aliphatic heterocycles.